The Morgan fingerprint density at radius 1 is 0.350 bits per heavy atom. The van der Waals surface area contributed by atoms with E-state index in [1.54, 1.807) is 0 Å². The van der Waals surface area contributed by atoms with Crippen molar-refractivity contribution in [1.29, 1.82) is 0 Å². The van der Waals surface area contributed by atoms with Crippen LogP contribution in [0.25, 0.3) is 44.4 Å². The van der Waals surface area contributed by atoms with Crippen LogP contribution in [0.4, 0.5) is 0 Å². The zero-order valence-electron chi connectivity index (χ0n) is 23.5. The number of hydrogen-bond acceptors (Lipinski definition) is 2. The molecule has 0 radical (unpaired) electrons. The number of aromatic nitrogens is 4. The minimum Gasteiger partial charge on any atom is -0.355 e. The van der Waals surface area contributed by atoms with Crippen molar-refractivity contribution in [3.8, 4) is 0 Å². The molecular formula is C36H38N4. The summed E-state index contributed by atoms with van der Waals surface area (Å²) < 4.78 is 0. The zero-order valence-corrected chi connectivity index (χ0v) is 23.5. The molecule has 4 heteroatoms. The molecule has 40 heavy (non-hydrogen) atoms. The van der Waals surface area contributed by atoms with Crippen LogP contribution in [0.5, 0.6) is 0 Å². The molecule has 0 saturated heterocycles. The van der Waals surface area contributed by atoms with E-state index in [9.17, 15) is 0 Å². The molecule has 0 fully saturated rings. The number of rotatable bonds is 0. The summed E-state index contributed by atoms with van der Waals surface area (Å²) in [7, 11) is 0. The highest BCUT2D eigenvalue weighted by molar-refractivity contribution is 5.97. The van der Waals surface area contributed by atoms with Crippen LogP contribution in [-0.2, 0) is 25.7 Å². The van der Waals surface area contributed by atoms with E-state index in [2.05, 4.69) is 34.2 Å². The summed E-state index contributed by atoms with van der Waals surface area (Å²) in [4.78, 5) is 18.6. The van der Waals surface area contributed by atoms with Gasteiger partial charge in [-0.3, -0.25) is 0 Å². The molecule has 4 nitrogen and oxygen atoms in total. The third-order valence-corrected chi connectivity index (χ3v) is 10.6. The van der Waals surface area contributed by atoms with Gasteiger partial charge in [-0.2, -0.15) is 0 Å². The van der Waals surface area contributed by atoms with Crippen LogP contribution in [0.3, 0.4) is 0 Å². The molecule has 6 aliphatic rings. The van der Waals surface area contributed by atoms with Crippen molar-refractivity contribution in [3.63, 3.8) is 0 Å². The second kappa shape index (κ2) is 9.06. The summed E-state index contributed by atoms with van der Waals surface area (Å²) in [5.74, 6) is 0. The Kier molecular flexibility index (Phi) is 5.28. The minimum absolute atomic E-state index is 1.14. The minimum atomic E-state index is 1.14. The molecule has 8 bridgehead atoms. The predicted octanol–water partition coefficient (Wildman–Crippen LogP) is 9.04. The molecule has 0 aromatic carbocycles. The fourth-order valence-electron chi connectivity index (χ4n) is 8.58. The van der Waals surface area contributed by atoms with E-state index in [0.717, 1.165) is 25.7 Å². The molecule has 202 valence electrons. The van der Waals surface area contributed by atoms with E-state index in [0.29, 0.717) is 0 Å². The molecule has 3 aromatic rings. The van der Waals surface area contributed by atoms with Crippen LogP contribution in [0.1, 0.15) is 122 Å². The molecular weight excluding hydrogens is 488 g/mol. The molecule has 0 unspecified atom stereocenters. The third-order valence-electron chi connectivity index (χ3n) is 10.6. The summed E-state index contributed by atoms with van der Waals surface area (Å²) in [6, 6.07) is 9.60. The summed E-state index contributed by atoms with van der Waals surface area (Å²) in [5.41, 5.74) is 22.0. The number of H-pyrrole nitrogens is 2. The van der Waals surface area contributed by atoms with Gasteiger partial charge in [-0.05, 0) is 172 Å². The normalized spacial score (nSPS) is 20.2. The van der Waals surface area contributed by atoms with Crippen LogP contribution in [0.15, 0.2) is 24.3 Å². The van der Waals surface area contributed by atoms with Crippen molar-refractivity contribution in [1.82, 2.24) is 19.9 Å². The monoisotopic (exact) mass is 526 g/mol. The average molecular weight is 527 g/mol. The van der Waals surface area contributed by atoms with Gasteiger partial charge in [0.2, 0.25) is 0 Å². The largest absolute Gasteiger partial charge is 0.355 e. The van der Waals surface area contributed by atoms with Crippen molar-refractivity contribution in [2.24, 2.45) is 0 Å². The summed E-state index contributed by atoms with van der Waals surface area (Å²) in [6.07, 6.45) is 19.5. The van der Waals surface area contributed by atoms with Crippen molar-refractivity contribution in [2.75, 3.05) is 0 Å². The second-order valence-electron chi connectivity index (χ2n) is 12.9. The lowest BCUT2D eigenvalue weighted by molar-refractivity contribution is 0.695. The van der Waals surface area contributed by atoms with E-state index in [1.165, 1.54) is 166 Å². The third kappa shape index (κ3) is 3.57. The maximum atomic E-state index is 5.36. The fourth-order valence-corrected chi connectivity index (χ4v) is 8.58. The fraction of sp³-hybridized carbons (Fsp3) is 0.444. The topological polar surface area (TPSA) is 57.4 Å². The summed E-state index contributed by atoms with van der Waals surface area (Å²) in [6.45, 7) is 0. The van der Waals surface area contributed by atoms with Gasteiger partial charge in [0.25, 0.3) is 0 Å². The molecule has 5 heterocycles. The number of hydrogen-bond donors (Lipinski definition) is 2. The number of nitrogens with one attached hydrogen (secondary N) is 2. The van der Waals surface area contributed by atoms with Crippen molar-refractivity contribution in [2.45, 2.75) is 103 Å². The predicted molar refractivity (Wildman–Crippen MR) is 165 cm³/mol. The Hall–Kier alpha value is -3.40. The van der Waals surface area contributed by atoms with Gasteiger partial charge in [0.05, 0.1) is 22.8 Å². The molecule has 2 N–H and O–H groups in total. The smallest absolute Gasteiger partial charge is 0.0694 e. The Morgan fingerprint density at radius 3 is 1.02 bits per heavy atom. The Labute approximate surface area is 236 Å². The quantitative estimate of drug-likeness (QED) is 0.307. The first-order chi connectivity index (χ1) is 19.8. The van der Waals surface area contributed by atoms with Crippen LogP contribution < -0.4 is 0 Å². The van der Waals surface area contributed by atoms with E-state index in [-0.39, 0.29) is 0 Å². The molecule has 9 rings (SSSR count). The first-order valence-corrected chi connectivity index (χ1v) is 16.0. The lowest BCUT2D eigenvalue weighted by Gasteiger charge is -2.15. The van der Waals surface area contributed by atoms with Crippen molar-refractivity contribution >= 4 is 44.4 Å². The van der Waals surface area contributed by atoms with Gasteiger partial charge in [0, 0.05) is 22.1 Å². The lowest BCUT2D eigenvalue weighted by Crippen LogP contribution is -2.00. The SMILES string of the molecule is c1c2nc(cc3[nH]c(cc4[nH]c(cc5nc1C1=C5CCCC1)c1c4CCCC1)c1c3CCCC1)C1=C2CCCC1. The van der Waals surface area contributed by atoms with Crippen LogP contribution in [-0.4, -0.2) is 19.9 Å². The standard InChI is InChI=1S/C36H38N4/c1-2-10-22-21(9-1)29-17-31-23-11-3-4-12-24(23)33(38-31)19-35-27-15-7-8-16-28(27)36(40-35)20-34-26-14-6-5-13-25(26)32(39-34)18-30(22)37-29/h17-20,37-38H,1-16H2. The van der Waals surface area contributed by atoms with E-state index in [4.69, 9.17) is 9.97 Å². The molecule has 0 saturated carbocycles. The van der Waals surface area contributed by atoms with Crippen LogP contribution in [0, 0.1) is 0 Å². The van der Waals surface area contributed by atoms with E-state index in [1.807, 2.05) is 0 Å². The highest BCUT2D eigenvalue weighted by Crippen LogP contribution is 2.44. The molecule has 3 aromatic heterocycles. The van der Waals surface area contributed by atoms with Gasteiger partial charge < -0.3 is 9.97 Å². The first-order valence-electron chi connectivity index (χ1n) is 16.0. The van der Waals surface area contributed by atoms with Gasteiger partial charge in [-0.15, -0.1) is 0 Å². The zero-order chi connectivity index (χ0) is 26.2. The van der Waals surface area contributed by atoms with Gasteiger partial charge in [-0.1, -0.05) is 0 Å². The maximum Gasteiger partial charge on any atom is 0.0694 e. The number of nitrogens with zero attached hydrogens (tertiary/aromatic N) is 2. The second-order valence-corrected chi connectivity index (χ2v) is 12.9. The first kappa shape index (κ1) is 23.3. The van der Waals surface area contributed by atoms with Gasteiger partial charge in [0.1, 0.15) is 0 Å². The number of aryl methyl sites for hydroxylation is 4. The van der Waals surface area contributed by atoms with Crippen LogP contribution >= 0.6 is 0 Å². The molecule has 0 atom stereocenters. The number of fused-ring (bicyclic) bond motifs is 18. The van der Waals surface area contributed by atoms with Crippen molar-refractivity contribution < 1.29 is 0 Å². The number of aromatic amines is 2. The molecule has 0 spiro atoms. The Balaban J connectivity index is 1.42. The Morgan fingerprint density at radius 2 is 0.650 bits per heavy atom. The van der Waals surface area contributed by atoms with E-state index < -0.39 is 0 Å². The molecule has 2 aliphatic heterocycles. The van der Waals surface area contributed by atoms with Gasteiger partial charge in [0.15, 0.2) is 0 Å². The lowest BCUT2D eigenvalue weighted by atomic mass is 9.88. The molecule has 0 amide bonds. The highest BCUT2D eigenvalue weighted by Gasteiger charge is 2.27. The summed E-state index contributed by atoms with van der Waals surface area (Å²) >= 11 is 0. The maximum absolute atomic E-state index is 5.36. The highest BCUT2D eigenvalue weighted by atomic mass is 14.8. The summed E-state index contributed by atoms with van der Waals surface area (Å²) in [5, 5.41) is 0. The van der Waals surface area contributed by atoms with Gasteiger partial charge >= 0.3 is 0 Å². The van der Waals surface area contributed by atoms with Gasteiger partial charge in [-0.25, -0.2) is 9.97 Å². The van der Waals surface area contributed by atoms with E-state index >= 15 is 0 Å². The van der Waals surface area contributed by atoms with Crippen LogP contribution in [0.2, 0.25) is 0 Å². The number of allylic oxidation sites excluding steroid dienone is 4. The van der Waals surface area contributed by atoms with Crippen molar-refractivity contribution in [3.05, 3.63) is 69.3 Å². The molecule has 4 aliphatic carbocycles. The average Bonchev–Trinajstić information content (AvgIpc) is 3.73. The Bertz CT molecular complexity index is 1680.